The number of rotatable bonds is 3. The molecule has 1 aromatic carbocycles. The van der Waals surface area contributed by atoms with E-state index in [1.807, 2.05) is 64.3 Å². The van der Waals surface area contributed by atoms with Gasteiger partial charge in [-0.3, -0.25) is 4.79 Å². The fraction of sp³-hybridized carbons (Fsp3) is 0.364. The third kappa shape index (κ3) is 3.48. The van der Waals surface area contributed by atoms with Crippen molar-refractivity contribution in [2.75, 3.05) is 5.73 Å². The van der Waals surface area contributed by atoms with Crippen molar-refractivity contribution in [1.82, 2.24) is 24.3 Å². The van der Waals surface area contributed by atoms with Gasteiger partial charge in [0.05, 0.1) is 23.0 Å². The maximum atomic E-state index is 13.2. The molecule has 0 bridgehead atoms. The van der Waals surface area contributed by atoms with Crippen LogP contribution in [0.4, 0.5) is 5.82 Å². The van der Waals surface area contributed by atoms with Crippen LogP contribution in [0.2, 0.25) is 0 Å². The van der Waals surface area contributed by atoms with Gasteiger partial charge >= 0.3 is 0 Å². The second kappa shape index (κ2) is 8.03. The molecule has 0 unspecified atom stereocenters. The van der Waals surface area contributed by atoms with Crippen LogP contribution in [0.25, 0.3) is 21.8 Å². The Bertz CT molecular complexity index is 1240. The highest BCUT2D eigenvalue weighted by Gasteiger charge is 2.17. The zero-order valence-corrected chi connectivity index (χ0v) is 17.9. The molecule has 0 aliphatic rings. The number of benzene rings is 1. The second-order valence-corrected chi connectivity index (χ2v) is 7.14. The summed E-state index contributed by atoms with van der Waals surface area (Å²) in [6.45, 7) is 12.3. The zero-order valence-electron chi connectivity index (χ0n) is 17.9. The van der Waals surface area contributed by atoms with Gasteiger partial charge in [-0.05, 0) is 44.7 Å². The molecule has 0 fully saturated rings. The fourth-order valence-electron chi connectivity index (χ4n) is 3.77. The minimum Gasteiger partial charge on any atom is -0.383 e. The summed E-state index contributed by atoms with van der Waals surface area (Å²) >= 11 is 0. The van der Waals surface area contributed by atoms with Crippen molar-refractivity contribution in [2.24, 2.45) is 0 Å². The van der Waals surface area contributed by atoms with Gasteiger partial charge in [-0.25, -0.2) is 14.6 Å². The topological polar surface area (TPSA) is 91.6 Å². The second-order valence-electron chi connectivity index (χ2n) is 7.14. The molecule has 7 heteroatoms. The van der Waals surface area contributed by atoms with Crippen LogP contribution in [0.3, 0.4) is 0 Å². The monoisotopic (exact) mass is 392 g/mol. The molecule has 3 aromatic heterocycles. The molecular formula is C22H28N6O. The molecule has 4 aromatic rings. The van der Waals surface area contributed by atoms with E-state index >= 15 is 0 Å². The van der Waals surface area contributed by atoms with E-state index in [1.165, 1.54) is 6.33 Å². The van der Waals surface area contributed by atoms with E-state index in [4.69, 9.17) is 5.73 Å². The maximum absolute atomic E-state index is 13.2. The van der Waals surface area contributed by atoms with Gasteiger partial charge in [0.2, 0.25) is 0 Å². The summed E-state index contributed by atoms with van der Waals surface area (Å²) in [5, 5.41) is 7.06. The van der Waals surface area contributed by atoms with Gasteiger partial charge in [-0.1, -0.05) is 32.0 Å². The van der Waals surface area contributed by atoms with Crippen molar-refractivity contribution in [3.8, 4) is 0 Å². The average Bonchev–Trinajstić information content (AvgIpc) is 2.99. The Morgan fingerprint density at radius 3 is 2.52 bits per heavy atom. The molecule has 0 radical (unpaired) electrons. The largest absolute Gasteiger partial charge is 0.383 e. The molecule has 0 saturated carbocycles. The summed E-state index contributed by atoms with van der Waals surface area (Å²) in [4.78, 5) is 21.6. The number of aryl methyl sites for hydroxylation is 2. The van der Waals surface area contributed by atoms with Crippen molar-refractivity contribution in [2.45, 2.75) is 54.1 Å². The molecule has 152 valence electrons. The molecular weight excluding hydrogens is 364 g/mol. The Morgan fingerprint density at radius 2 is 1.83 bits per heavy atom. The van der Waals surface area contributed by atoms with Gasteiger partial charge in [0.1, 0.15) is 12.1 Å². The van der Waals surface area contributed by atoms with Crippen molar-refractivity contribution < 1.29 is 0 Å². The van der Waals surface area contributed by atoms with Gasteiger partial charge in [-0.2, -0.15) is 5.10 Å². The normalized spacial score (nSPS) is 11.1. The lowest BCUT2D eigenvalue weighted by molar-refractivity contribution is 0.533. The highest BCUT2D eigenvalue weighted by molar-refractivity contribution is 5.88. The number of nitrogens with two attached hydrogens (primary N) is 1. The molecule has 2 N–H and O–H groups in total. The zero-order chi connectivity index (χ0) is 21.3. The standard InChI is InChI=1S/C20H22N6O.C2H6/c1-11(2)26-15(8-14-7-5-6-12(3)16(14)20(26)27)9-25-19-17(13(4)24-25)18(21)22-10-23-19;1-2/h5-8,10-11H,9H2,1-4H3,(H2,21,22,23);1-2H3. The summed E-state index contributed by atoms with van der Waals surface area (Å²) in [5.74, 6) is 0.416. The molecule has 0 saturated heterocycles. The van der Waals surface area contributed by atoms with Crippen LogP contribution in [-0.4, -0.2) is 24.3 Å². The quantitative estimate of drug-likeness (QED) is 0.569. The van der Waals surface area contributed by atoms with Crippen molar-refractivity contribution in [3.63, 3.8) is 0 Å². The summed E-state index contributed by atoms with van der Waals surface area (Å²) in [7, 11) is 0. The number of hydrogen-bond donors (Lipinski definition) is 1. The Balaban J connectivity index is 0.00000117. The van der Waals surface area contributed by atoms with Gasteiger partial charge < -0.3 is 10.3 Å². The Labute approximate surface area is 170 Å². The third-order valence-corrected chi connectivity index (χ3v) is 4.93. The van der Waals surface area contributed by atoms with Gasteiger partial charge in [0.25, 0.3) is 5.56 Å². The van der Waals surface area contributed by atoms with E-state index in [9.17, 15) is 4.79 Å². The first-order valence-corrected chi connectivity index (χ1v) is 9.95. The maximum Gasteiger partial charge on any atom is 0.259 e. The van der Waals surface area contributed by atoms with E-state index in [0.29, 0.717) is 18.0 Å². The molecule has 7 nitrogen and oxygen atoms in total. The lowest BCUT2D eigenvalue weighted by atomic mass is 10.1. The predicted octanol–water partition coefficient (Wildman–Crippen LogP) is 4.00. The molecule has 29 heavy (non-hydrogen) atoms. The van der Waals surface area contributed by atoms with Crippen LogP contribution < -0.4 is 11.3 Å². The third-order valence-electron chi connectivity index (χ3n) is 4.93. The average molecular weight is 393 g/mol. The lowest BCUT2D eigenvalue weighted by Crippen LogP contribution is -2.27. The SMILES string of the molecule is CC.Cc1nn(Cc2cc3cccc(C)c3c(=O)n2C(C)C)c2ncnc(N)c12. The van der Waals surface area contributed by atoms with Crippen molar-refractivity contribution in [3.05, 3.63) is 57.9 Å². The number of pyridine rings is 1. The van der Waals surface area contributed by atoms with Gasteiger partial charge in [-0.15, -0.1) is 0 Å². The van der Waals surface area contributed by atoms with Crippen LogP contribution in [0, 0.1) is 13.8 Å². The van der Waals surface area contributed by atoms with Crippen LogP contribution in [0.1, 0.15) is 50.7 Å². The van der Waals surface area contributed by atoms with Crippen LogP contribution in [-0.2, 0) is 6.54 Å². The van der Waals surface area contributed by atoms with Gasteiger partial charge in [0, 0.05) is 11.7 Å². The molecule has 3 heterocycles. The Hall–Kier alpha value is -3.22. The number of fused-ring (bicyclic) bond motifs is 2. The number of anilines is 1. The first kappa shape index (κ1) is 20.5. The number of nitrogens with zero attached hydrogens (tertiary/aromatic N) is 5. The first-order chi connectivity index (χ1) is 13.9. The van der Waals surface area contributed by atoms with E-state index in [-0.39, 0.29) is 11.6 Å². The van der Waals surface area contributed by atoms with Crippen LogP contribution in [0.5, 0.6) is 0 Å². The van der Waals surface area contributed by atoms with E-state index < -0.39 is 0 Å². The van der Waals surface area contributed by atoms with E-state index in [2.05, 4.69) is 21.1 Å². The molecule has 4 rings (SSSR count). The van der Waals surface area contributed by atoms with E-state index in [0.717, 1.165) is 33.1 Å². The lowest BCUT2D eigenvalue weighted by Gasteiger charge is -2.18. The summed E-state index contributed by atoms with van der Waals surface area (Å²) in [5.41, 5.74) is 9.34. The number of aromatic nitrogens is 5. The minimum absolute atomic E-state index is 0.0259. The summed E-state index contributed by atoms with van der Waals surface area (Å²) in [6.07, 6.45) is 1.44. The highest BCUT2D eigenvalue weighted by atomic mass is 16.1. The predicted molar refractivity (Wildman–Crippen MR) is 118 cm³/mol. The molecule has 0 atom stereocenters. The summed E-state index contributed by atoms with van der Waals surface area (Å²) < 4.78 is 3.63. The highest BCUT2D eigenvalue weighted by Crippen LogP contribution is 2.23. The molecule has 0 aliphatic heterocycles. The number of hydrogen-bond acceptors (Lipinski definition) is 5. The van der Waals surface area contributed by atoms with E-state index in [1.54, 1.807) is 4.68 Å². The molecule has 0 spiro atoms. The number of nitrogen functional groups attached to an aromatic ring is 1. The van der Waals surface area contributed by atoms with Crippen molar-refractivity contribution >= 4 is 27.6 Å². The molecule has 0 amide bonds. The Kier molecular flexibility index (Phi) is 5.68. The minimum atomic E-state index is 0.0259. The van der Waals surface area contributed by atoms with Crippen LogP contribution >= 0.6 is 0 Å². The first-order valence-electron chi connectivity index (χ1n) is 9.95. The smallest absolute Gasteiger partial charge is 0.259 e. The molecule has 0 aliphatic carbocycles. The Morgan fingerprint density at radius 1 is 1.10 bits per heavy atom. The van der Waals surface area contributed by atoms with Crippen LogP contribution in [0.15, 0.2) is 35.4 Å². The fourth-order valence-corrected chi connectivity index (χ4v) is 3.77. The van der Waals surface area contributed by atoms with Crippen molar-refractivity contribution in [1.29, 1.82) is 0 Å². The van der Waals surface area contributed by atoms with Gasteiger partial charge in [0.15, 0.2) is 5.65 Å². The summed E-state index contributed by atoms with van der Waals surface area (Å²) in [6, 6.07) is 8.01.